The minimum Gasteiger partial charge on any atom is -0.478 e. The van der Waals surface area contributed by atoms with Crippen LogP contribution in [0.2, 0.25) is 0 Å². The fraction of sp³-hybridized carbons (Fsp3) is 0.143. The molecule has 10 nitrogen and oxygen atoms in total. The Hall–Kier alpha value is -3.34. The molecular weight excluding hydrogens is 354 g/mol. The molecule has 1 amide bonds. The first-order valence-electron chi connectivity index (χ1n) is 6.84. The maximum absolute atomic E-state index is 12.3. The van der Waals surface area contributed by atoms with Gasteiger partial charge < -0.3 is 10.4 Å². The average Bonchev–Trinajstić information content (AvgIpc) is 2.97. The molecule has 2 N–H and O–H groups in total. The number of carboxylic acid groups (broad SMARTS) is 1. The summed E-state index contributed by atoms with van der Waals surface area (Å²) in [5.41, 5.74) is -1.66. The van der Waals surface area contributed by atoms with Crippen LogP contribution in [0.25, 0.3) is 0 Å². The number of benzene rings is 1. The van der Waals surface area contributed by atoms with Crippen molar-refractivity contribution in [3.05, 3.63) is 60.5 Å². The number of carbonyl (C=O) groups excluding carboxylic acids is 1. The van der Waals surface area contributed by atoms with Gasteiger partial charge in [-0.25, -0.2) is 4.79 Å². The van der Waals surface area contributed by atoms with Gasteiger partial charge in [-0.2, -0.15) is 0 Å². The standard InChI is InChI=1S/C14H11N3O7S/c1-2-10-6-11(14(19)20)13(25-10)15-12(18)7-3-8(16(21)22)5-9(4-7)17(23)24/h3-6H,2H2,1H3,(H,15,18)(H,19,20). The number of carbonyl (C=O) groups is 2. The minimum absolute atomic E-state index is 0.0588. The lowest BCUT2D eigenvalue weighted by molar-refractivity contribution is -0.394. The lowest BCUT2D eigenvalue weighted by Crippen LogP contribution is -2.13. The summed E-state index contributed by atoms with van der Waals surface area (Å²) >= 11 is 1.05. The highest BCUT2D eigenvalue weighted by Crippen LogP contribution is 2.30. The lowest BCUT2D eigenvalue weighted by Gasteiger charge is -2.04. The van der Waals surface area contributed by atoms with Crippen molar-refractivity contribution in [3.63, 3.8) is 0 Å². The van der Waals surface area contributed by atoms with Gasteiger partial charge in [-0.3, -0.25) is 25.0 Å². The second kappa shape index (κ2) is 7.05. The molecule has 1 aromatic heterocycles. The molecule has 0 atom stereocenters. The summed E-state index contributed by atoms with van der Waals surface area (Å²) in [5, 5.41) is 33.3. The number of hydrogen-bond donors (Lipinski definition) is 2. The van der Waals surface area contributed by atoms with E-state index in [1.165, 1.54) is 6.07 Å². The predicted octanol–water partition coefficient (Wildman–Crippen LogP) is 3.08. The Morgan fingerprint density at radius 1 is 1.12 bits per heavy atom. The quantitative estimate of drug-likeness (QED) is 0.589. The Balaban J connectivity index is 2.41. The van der Waals surface area contributed by atoms with Gasteiger partial charge in [0.2, 0.25) is 0 Å². The Bertz CT molecular complexity index is 858. The number of nitrogens with zero attached hydrogens (tertiary/aromatic N) is 2. The maximum atomic E-state index is 12.3. The smallest absolute Gasteiger partial charge is 0.338 e. The average molecular weight is 365 g/mol. The maximum Gasteiger partial charge on any atom is 0.338 e. The van der Waals surface area contributed by atoms with E-state index in [9.17, 15) is 29.8 Å². The molecule has 2 rings (SSSR count). The third-order valence-corrected chi connectivity index (χ3v) is 4.37. The van der Waals surface area contributed by atoms with E-state index in [1.54, 1.807) is 0 Å². The van der Waals surface area contributed by atoms with Crippen LogP contribution in [0.15, 0.2) is 24.3 Å². The molecule has 0 aliphatic carbocycles. The predicted molar refractivity (Wildman–Crippen MR) is 88.4 cm³/mol. The number of nitro groups is 2. The molecule has 2 aromatic rings. The van der Waals surface area contributed by atoms with Gasteiger partial charge in [-0.15, -0.1) is 11.3 Å². The van der Waals surface area contributed by atoms with Crippen LogP contribution < -0.4 is 5.32 Å². The Labute approximate surface area is 144 Å². The highest BCUT2D eigenvalue weighted by atomic mass is 32.1. The molecule has 0 saturated carbocycles. The van der Waals surface area contributed by atoms with Crippen LogP contribution in [0.1, 0.15) is 32.5 Å². The molecule has 0 bridgehead atoms. The first-order chi connectivity index (χ1) is 11.7. The molecule has 0 unspecified atom stereocenters. The summed E-state index contributed by atoms with van der Waals surface area (Å²) in [5.74, 6) is -2.12. The van der Waals surface area contributed by atoms with Crippen molar-refractivity contribution in [2.45, 2.75) is 13.3 Å². The van der Waals surface area contributed by atoms with E-state index < -0.39 is 33.1 Å². The zero-order valence-corrected chi connectivity index (χ0v) is 13.5. The monoisotopic (exact) mass is 365 g/mol. The van der Waals surface area contributed by atoms with Crippen molar-refractivity contribution in [1.82, 2.24) is 0 Å². The van der Waals surface area contributed by atoms with Crippen LogP contribution in [0, 0.1) is 20.2 Å². The number of rotatable bonds is 6. The summed E-state index contributed by atoms with van der Waals surface area (Å²) in [6, 6.07) is 3.92. The van der Waals surface area contributed by atoms with Gasteiger partial charge in [0.15, 0.2) is 0 Å². The summed E-state index contributed by atoms with van der Waals surface area (Å²) in [4.78, 5) is 44.3. The second-order valence-electron chi connectivity index (χ2n) is 4.82. The van der Waals surface area contributed by atoms with Crippen LogP contribution in [0.5, 0.6) is 0 Å². The van der Waals surface area contributed by atoms with Gasteiger partial charge in [-0.05, 0) is 12.5 Å². The number of thiophene rings is 1. The molecule has 0 saturated heterocycles. The van der Waals surface area contributed by atoms with E-state index in [1.807, 2.05) is 6.92 Å². The van der Waals surface area contributed by atoms with E-state index in [4.69, 9.17) is 5.11 Å². The van der Waals surface area contributed by atoms with Crippen molar-refractivity contribution < 1.29 is 24.5 Å². The van der Waals surface area contributed by atoms with Crippen LogP contribution in [-0.4, -0.2) is 26.8 Å². The molecule has 0 radical (unpaired) electrons. The van der Waals surface area contributed by atoms with E-state index >= 15 is 0 Å². The number of amides is 1. The van der Waals surface area contributed by atoms with Gasteiger partial charge >= 0.3 is 5.97 Å². The molecule has 25 heavy (non-hydrogen) atoms. The number of carboxylic acids is 1. The second-order valence-corrected chi connectivity index (χ2v) is 5.96. The first-order valence-corrected chi connectivity index (χ1v) is 7.65. The zero-order chi connectivity index (χ0) is 18.7. The number of hydrogen-bond acceptors (Lipinski definition) is 7. The van der Waals surface area contributed by atoms with Gasteiger partial charge in [0.25, 0.3) is 17.3 Å². The highest BCUT2D eigenvalue weighted by Gasteiger charge is 2.22. The third kappa shape index (κ3) is 3.95. The SMILES string of the molecule is CCc1cc(C(=O)O)c(NC(=O)c2cc([N+](=O)[O-])cc([N+](=O)[O-])c2)s1. The molecular formula is C14H11N3O7S. The van der Waals surface area contributed by atoms with Gasteiger partial charge in [0, 0.05) is 17.0 Å². The normalized spacial score (nSPS) is 10.3. The highest BCUT2D eigenvalue weighted by molar-refractivity contribution is 7.16. The summed E-state index contributed by atoms with van der Waals surface area (Å²) in [7, 11) is 0. The van der Waals surface area contributed by atoms with Crippen molar-refractivity contribution >= 4 is 39.6 Å². The van der Waals surface area contributed by atoms with Crippen LogP contribution in [0.3, 0.4) is 0 Å². The van der Waals surface area contributed by atoms with Gasteiger partial charge in [0.1, 0.15) is 5.00 Å². The largest absolute Gasteiger partial charge is 0.478 e. The molecule has 0 aliphatic rings. The fourth-order valence-electron chi connectivity index (χ4n) is 1.98. The Kier molecular flexibility index (Phi) is 5.08. The fourth-order valence-corrected chi connectivity index (χ4v) is 2.96. The number of anilines is 1. The number of aryl methyl sites for hydroxylation is 1. The zero-order valence-electron chi connectivity index (χ0n) is 12.7. The molecule has 1 aromatic carbocycles. The molecule has 0 fully saturated rings. The molecule has 1 heterocycles. The molecule has 130 valence electrons. The van der Waals surface area contributed by atoms with Crippen LogP contribution in [0.4, 0.5) is 16.4 Å². The first kappa shape index (κ1) is 18.0. The minimum atomic E-state index is -1.24. The van der Waals surface area contributed by atoms with Gasteiger partial charge in [-0.1, -0.05) is 6.92 Å². The Morgan fingerprint density at radius 3 is 2.12 bits per heavy atom. The molecule has 11 heteroatoms. The number of non-ortho nitro benzene ring substituents is 2. The van der Waals surface area contributed by atoms with Crippen molar-refractivity contribution in [3.8, 4) is 0 Å². The Morgan fingerprint density at radius 2 is 1.68 bits per heavy atom. The van der Waals surface area contributed by atoms with Crippen molar-refractivity contribution in [1.29, 1.82) is 0 Å². The number of aromatic carboxylic acids is 1. The number of nitro benzene ring substituents is 2. The lowest BCUT2D eigenvalue weighted by atomic mass is 10.1. The van der Waals surface area contributed by atoms with Gasteiger partial charge in [0.05, 0.1) is 27.0 Å². The van der Waals surface area contributed by atoms with E-state index in [-0.39, 0.29) is 16.1 Å². The van der Waals surface area contributed by atoms with E-state index in [2.05, 4.69) is 5.32 Å². The molecule has 0 spiro atoms. The van der Waals surface area contributed by atoms with Crippen LogP contribution in [-0.2, 0) is 6.42 Å². The molecule has 0 aliphatic heterocycles. The van der Waals surface area contributed by atoms with Crippen LogP contribution >= 0.6 is 11.3 Å². The topological polar surface area (TPSA) is 153 Å². The van der Waals surface area contributed by atoms with Crippen molar-refractivity contribution in [2.24, 2.45) is 0 Å². The summed E-state index contributed by atoms with van der Waals surface area (Å²) in [6.45, 7) is 1.81. The van der Waals surface area contributed by atoms with E-state index in [0.29, 0.717) is 6.42 Å². The van der Waals surface area contributed by atoms with Crippen molar-refractivity contribution in [2.75, 3.05) is 5.32 Å². The summed E-state index contributed by atoms with van der Waals surface area (Å²) < 4.78 is 0. The van der Waals surface area contributed by atoms with E-state index in [0.717, 1.165) is 34.4 Å². The number of nitrogens with one attached hydrogen (secondary N) is 1. The third-order valence-electron chi connectivity index (χ3n) is 3.18. The summed E-state index contributed by atoms with van der Waals surface area (Å²) in [6.07, 6.45) is 0.559.